The molecule has 1 aliphatic heterocycles. The summed E-state index contributed by atoms with van der Waals surface area (Å²) in [7, 11) is 0. The van der Waals surface area contributed by atoms with E-state index in [1.54, 1.807) is 6.07 Å². The lowest BCUT2D eigenvalue weighted by atomic mass is 9.85. The van der Waals surface area contributed by atoms with Gasteiger partial charge in [-0.05, 0) is 30.9 Å². The number of nitrogens with zero attached hydrogens (tertiary/aromatic N) is 2. The zero-order valence-corrected chi connectivity index (χ0v) is 15.7. The van der Waals surface area contributed by atoms with Gasteiger partial charge in [-0.2, -0.15) is 0 Å². The Kier molecular flexibility index (Phi) is 6.06. The molecule has 1 aromatic carbocycles. The Bertz CT molecular complexity index is 683. The normalized spacial score (nSPS) is 19.0. The van der Waals surface area contributed by atoms with Gasteiger partial charge in [0.05, 0.1) is 21.4 Å². The first-order valence-electron chi connectivity index (χ1n) is 8.78. The van der Waals surface area contributed by atoms with Crippen molar-refractivity contribution in [1.82, 2.24) is 4.90 Å². The second-order valence-corrected chi connectivity index (χ2v) is 7.57. The van der Waals surface area contributed by atoms with Crippen LogP contribution in [0.3, 0.4) is 0 Å². The monoisotopic (exact) mass is 380 g/mol. The molecule has 1 saturated carbocycles. The van der Waals surface area contributed by atoms with Crippen molar-refractivity contribution in [2.75, 3.05) is 31.1 Å². The highest BCUT2D eigenvalue weighted by atomic mass is 35.5. The summed E-state index contributed by atoms with van der Waals surface area (Å²) in [6.45, 7) is 3.10. The summed E-state index contributed by atoms with van der Waals surface area (Å²) >= 11 is 12.4. The fourth-order valence-electron chi connectivity index (χ4n) is 3.67. The maximum atomic E-state index is 11.5. The van der Waals surface area contributed by atoms with Gasteiger partial charge in [0.2, 0.25) is 0 Å². The first-order chi connectivity index (χ1) is 12.1. The van der Waals surface area contributed by atoms with E-state index in [1.165, 1.54) is 0 Å². The van der Waals surface area contributed by atoms with Crippen molar-refractivity contribution < 1.29 is 9.59 Å². The second kappa shape index (κ2) is 8.27. The largest absolute Gasteiger partial charge is 0.367 e. The smallest absolute Gasteiger partial charge is 0.145 e. The summed E-state index contributed by atoms with van der Waals surface area (Å²) in [6.07, 6.45) is 3.81. The zero-order chi connectivity index (χ0) is 17.8. The molecule has 6 heteroatoms. The Labute approximate surface area is 158 Å². The molecule has 0 unspecified atom stereocenters. The van der Waals surface area contributed by atoms with E-state index in [2.05, 4.69) is 15.7 Å². The van der Waals surface area contributed by atoms with Crippen LogP contribution in [-0.2, 0) is 9.59 Å². The minimum Gasteiger partial charge on any atom is -0.367 e. The number of allylic oxidation sites excluding steroid dienone is 1. The summed E-state index contributed by atoms with van der Waals surface area (Å²) in [5.74, 6) is 2.92. The van der Waals surface area contributed by atoms with Crippen LogP contribution in [0.2, 0.25) is 10.0 Å². The van der Waals surface area contributed by atoms with E-state index in [1.807, 2.05) is 12.1 Å². The first kappa shape index (κ1) is 18.3. The molecular weight excluding hydrogens is 359 g/mol. The molecule has 25 heavy (non-hydrogen) atoms. The van der Waals surface area contributed by atoms with E-state index >= 15 is 0 Å². The second-order valence-electron chi connectivity index (χ2n) is 6.78. The van der Waals surface area contributed by atoms with Crippen molar-refractivity contribution in [1.29, 1.82) is 0 Å². The third-order valence-corrected chi connectivity index (χ3v) is 6.00. The Hall–Kier alpha value is -1.48. The molecule has 0 N–H and O–H groups in total. The average Bonchev–Trinajstić information content (AvgIpc) is 2.64. The van der Waals surface area contributed by atoms with Gasteiger partial charge < -0.3 is 9.80 Å². The predicted molar refractivity (Wildman–Crippen MR) is 101 cm³/mol. The van der Waals surface area contributed by atoms with E-state index in [4.69, 9.17) is 23.2 Å². The van der Waals surface area contributed by atoms with Crippen LogP contribution in [0.5, 0.6) is 0 Å². The quantitative estimate of drug-likeness (QED) is 0.740. The standard InChI is InChI=1S/C19H22Cl2N2O2/c20-17-2-1-3-18(19(17)21)23-10-8-22(9-11-23)15(13-24)12-14-4-6-16(25)7-5-14/h1-3,14H,4-12H2. The highest BCUT2D eigenvalue weighted by molar-refractivity contribution is 6.43. The number of carbonyl (C=O) groups is 1. The van der Waals surface area contributed by atoms with Gasteiger partial charge in [0.15, 0.2) is 0 Å². The number of halogens is 2. The topological polar surface area (TPSA) is 40.6 Å². The van der Waals surface area contributed by atoms with Crippen molar-refractivity contribution >= 4 is 40.6 Å². The van der Waals surface area contributed by atoms with E-state index in [-0.39, 0.29) is 0 Å². The molecule has 3 rings (SSSR count). The van der Waals surface area contributed by atoms with Crippen LogP contribution < -0.4 is 4.90 Å². The average molecular weight is 381 g/mol. The summed E-state index contributed by atoms with van der Waals surface area (Å²) in [6, 6.07) is 5.65. The third kappa shape index (κ3) is 4.38. The minimum absolute atomic E-state index is 0.347. The molecule has 134 valence electrons. The molecular formula is C19H22Cl2N2O2. The van der Waals surface area contributed by atoms with Crippen molar-refractivity contribution in [2.45, 2.75) is 32.1 Å². The van der Waals surface area contributed by atoms with Crippen molar-refractivity contribution in [3.8, 4) is 0 Å². The number of hydrogen-bond acceptors (Lipinski definition) is 4. The highest BCUT2D eigenvalue weighted by Gasteiger charge is 2.25. The number of piperazine rings is 1. The van der Waals surface area contributed by atoms with Crippen molar-refractivity contribution in [3.63, 3.8) is 0 Å². The van der Waals surface area contributed by atoms with Gasteiger partial charge in [-0.3, -0.25) is 4.79 Å². The number of benzene rings is 1. The number of ketones is 1. The van der Waals surface area contributed by atoms with Crippen LogP contribution in [-0.4, -0.2) is 42.8 Å². The molecule has 1 aromatic rings. The molecule has 0 radical (unpaired) electrons. The third-order valence-electron chi connectivity index (χ3n) is 5.20. The van der Waals surface area contributed by atoms with Gasteiger partial charge >= 0.3 is 0 Å². The van der Waals surface area contributed by atoms with Gasteiger partial charge in [-0.25, -0.2) is 4.79 Å². The maximum absolute atomic E-state index is 11.5. The number of rotatable bonds is 4. The SMILES string of the molecule is O=C=C(CC1CCC(=O)CC1)N1CCN(c2cccc(Cl)c2Cl)CC1. The number of Topliss-reactive ketones (excluding diaryl/α,β-unsaturated/α-hetero) is 1. The van der Waals surface area contributed by atoms with Crippen LogP contribution in [0, 0.1) is 5.92 Å². The van der Waals surface area contributed by atoms with E-state index in [0.29, 0.717) is 34.6 Å². The molecule has 1 heterocycles. The lowest BCUT2D eigenvalue weighted by molar-refractivity contribution is -0.121. The van der Waals surface area contributed by atoms with Crippen LogP contribution >= 0.6 is 23.2 Å². The predicted octanol–water partition coefficient (Wildman–Crippen LogP) is 3.98. The Morgan fingerprint density at radius 1 is 1.12 bits per heavy atom. The number of hydrogen-bond donors (Lipinski definition) is 0. The summed E-state index contributed by atoms with van der Waals surface area (Å²) < 4.78 is 0. The van der Waals surface area contributed by atoms with Gasteiger partial charge in [0.25, 0.3) is 0 Å². The lowest BCUT2D eigenvalue weighted by Crippen LogP contribution is -2.46. The molecule has 0 bridgehead atoms. The van der Waals surface area contributed by atoms with Crippen molar-refractivity contribution in [3.05, 3.63) is 33.9 Å². The molecule has 0 amide bonds. The number of carbonyl (C=O) groups excluding carboxylic acids is 2. The van der Waals surface area contributed by atoms with Crippen LogP contribution in [0.1, 0.15) is 32.1 Å². The van der Waals surface area contributed by atoms with E-state index in [0.717, 1.165) is 56.8 Å². The molecule has 2 aliphatic rings. The van der Waals surface area contributed by atoms with Gasteiger partial charge in [0.1, 0.15) is 11.7 Å². The zero-order valence-electron chi connectivity index (χ0n) is 14.1. The lowest BCUT2D eigenvalue weighted by Gasteiger charge is -2.38. The molecule has 0 spiro atoms. The van der Waals surface area contributed by atoms with Crippen LogP contribution in [0.15, 0.2) is 23.9 Å². The van der Waals surface area contributed by atoms with E-state index < -0.39 is 0 Å². The Balaban J connectivity index is 1.58. The van der Waals surface area contributed by atoms with Gasteiger partial charge in [-0.1, -0.05) is 29.3 Å². The summed E-state index contributed by atoms with van der Waals surface area (Å²) in [5.41, 5.74) is 1.69. The summed E-state index contributed by atoms with van der Waals surface area (Å²) in [5, 5.41) is 1.14. The molecule has 0 aromatic heterocycles. The van der Waals surface area contributed by atoms with Gasteiger partial charge in [-0.15, -0.1) is 0 Å². The van der Waals surface area contributed by atoms with E-state index in [9.17, 15) is 9.59 Å². The fraction of sp³-hybridized carbons (Fsp3) is 0.526. The highest BCUT2D eigenvalue weighted by Crippen LogP contribution is 2.33. The fourth-order valence-corrected chi connectivity index (χ4v) is 4.08. The molecule has 2 fully saturated rings. The molecule has 1 aliphatic carbocycles. The van der Waals surface area contributed by atoms with Crippen LogP contribution in [0.4, 0.5) is 5.69 Å². The molecule has 4 nitrogen and oxygen atoms in total. The molecule has 1 saturated heterocycles. The van der Waals surface area contributed by atoms with Gasteiger partial charge in [0, 0.05) is 45.4 Å². The first-order valence-corrected chi connectivity index (χ1v) is 9.53. The Morgan fingerprint density at radius 2 is 1.80 bits per heavy atom. The Morgan fingerprint density at radius 3 is 2.44 bits per heavy atom. The summed E-state index contributed by atoms with van der Waals surface area (Å²) in [4.78, 5) is 27.2. The van der Waals surface area contributed by atoms with Crippen LogP contribution in [0.25, 0.3) is 0 Å². The van der Waals surface area contributed by atoms with Crippen molar-refractivity contribution in [2.24, 2.45) is 5.92 Å². The minimum atomic E-state index is 0.347. The molecule has 0 atom stereocenters. The maximum Gasteiger partial charge on any atom is 0.145 e. The number of anilines is 1.